The number of benzene rings is 1. The summed E-state index contributed by atoms with van der Waals surface area (Å²) in [6.45, 7) is 4.84. The first-order chi connectivity index (χ1) is 17.2. The molecule has 36 heavy (non-hydrogen) atoms. The van der Waals surface area contributed by atoms with Crippen LogP contribution >= 0.6 is 11.6 Å². The molecular weight excluding hydrogens is 487 g/mol. The Kier molecular flexibility index (Phi) is 8.25. The van der Waals surface area contributed by atoms with Gasteiger partial charge in [0.1, 0.15) is 11.5 Å². The molecule has 2 aromatic rings. The molecule has 0 aliphatic carbocycles. The van der Waals surface area contributed by atoms with Crippen molar-refractivity contribution in [1.82, 2.24) is 25.1 Å². The molecule has 0 radical (unpaired) electrons. The highest BCUT2D eigenvalue weighted by Crippen LogP contribution is 2.30. The first-order valence-electron chi connectivity index (χ1n) is 12.3. The molecule has 9 nitrogen and oxygen atoms in total. The Morgan fingerprint density at radius 3 is 2.64 bits per heavy atom. The normalized spacial score (nSPS) is 20.0. The van der Waals surface area contributed by atoms with Crippen molar-refractivity contribution in [2.24, 2.45) is 0 Å². The predicted molar refractivity (Wildman–Crippen MR) is 135 cm³/mol. The maximum Gasteiger partial charge on any atom is 0.272 e. The van der Waals surface area contributed by atoms with Crippen LogP contribution in [-0.2, 0) is 4.79 Å². The zero-order chi connectivity index (χ0) is 25.8. The van der Waals surface area contributed by atoms with E-state index in [2.05, 4.69) is 20.2 Å². The van der Waals surface area contributed by atoms with E-state index in [1.807, 2.05) is 7.05 Å². The summed E-state index contributed by atoms with van der Waals surface area (Å²) in [5.41, 5.74) is 1.18. The number of halogens is 2. The number of piperazine rings is 1. The zero-order valence-electron chi connectivity index (χ0n) is 20.6. The number of carbonyl (C=O) groups is 3. The fourth-order valence-corrected chi connectivity index (χ4v) is 4.91. The fourth-order valence-electron chi connectivity index (χ4n) is 4.66. The molecule has 2 saturated heterocycles. The van der Waals surface area contributed by atoms with Gasteiger partial charge >= 0.3 is 0 Å². The van der Waals surface area contributed by atoms with Gasteiger partial charge in [-0.1, -0.05) is 11.6 Å². The van der Waals surface area contributed by atoms with Gasteiger partial charge in [0, 0.05) is 45.2 Å². The number of nitrogens with zero attached hydrogens (tertiary/aromatic N) is 4. The maximum atomic E-state index is 13.9. The summed E-state index contributed by atoms with van der Waals surface area (Å²) in [5.74, 6) is -1.21. The number of aromatic amines is 1. The van der Waals surface area contributed by atoms with Crippen molar-refractivity contribution < 1.29 is 18.8 Å². The zero-order valence-corrected chi connectivity index (χ0v) is 21.4. The lowest BCUT2D eigenvalue weighted by molar-refractivity contribution is -0.118. The molecule has 2 fully saturated rings. The fraction of sp³-hybridized carbons (Fsp3) is 0.520. The van der Waals surface area contributed by atoms with Crippen LogP contribution in [-0.4, -0.2) is 83.3 Å². The van der Waals surface area contributed by atoms with Crippen LogP contribution in [0.4, 0.5) is 10.1 Å². The van der Waals surface area contributed by atoms with Gasteiger partial charge in [0.05, 0.1) is 17.0 Å². The van der Waals surface area contributed by atoms with Crippen molar-refractivity contribution in [3.63, 3.8) is 0 Å². The van der Waals surface area contributed by atoms with E-state index in [1.165, 1.54) is 12.4 Å². The van der Waals surface area contributed by atoms with Crippen LogP contribution in [0, 0.1) is 12.7 Å². The van der Waals surface area contributed by atoms with Crippen molar-refractivity contribution >= 4 is 35.0 Å². The number of nitrogens with one attached hydrogen (secondary N) is 2. The molecule has 3 heterocycles. The van der Waals surface area contributed by atoms with Crippen LogP contribution in [0.3, 0.4) is 0 Å². The minimum atomic E-state index is -0.431. The van der Waals surface area contributed by atoms with E-state index in [9.17, 15) is 18.8 Å². The van der Waals surface area contributed by atoms with E-state index in [-0.39, 0.29) is 40.7 Å². The quantitative estimate of drug-likeness (QED) is 0.648. The number of likely N-dealkylation sites (N-methyl/N-ethyl adjacent to an activating group) is 1. The summed E-state index contributed by atoms with van der Waals surface area (Å²) in [6.07, 6.45) is 4.17. The molecule has 0 spiro atoms. The van der Waals surface area contributed by atoms with Crippen molar-refractivity contribution in [3.8, 4) is 0 Å². The maximum absolute atomic E-state index is 13.9. The lowest BCUT2D eigenvalue weighted by Gasteiger charge is -2.32. The lowest BCUT2D eigenvalue weighted by atomic mass is 10.0. The summed E-state index contributed by atoms with van der Waals surface area (Å²) < 4.78 is 13.9. The smallest absolute Gasteiger partial charge is 0.272 e. The topological polar surface area (TPSA) is 102 Å². The van der Waals surface area contributed by atoms with Crippen LogP contribution < -0.4 is 10.2 Å². The Hall–Kier alpha value is -2.98. The van der Waals surface area contributed by atoms with Gasteiger partial charge in [0.2, 0.25) is 5.91 Å². The summed E-state index contributed by atoms with van der Waals surface area (Å²) in [5, 5.41) is 3.18. The molecule has 1 aromatic heterocycles. The molecule has 0 bridgehead atoms. The van der Waals surface area contributed by atoms with E-state index in [4.69, 9.17) is 11.6 Å². The highest BCUT2D eigenvalue weighted by atomic mass is 35.5. The lowest BCUT2D eigenvalue weighted by Crippen LogP contribution is -2.47. The summed E-state index contributed by atoms with van der Waals surface area (Å²) in [6, 6.07) is 2.60. The number of carbonyl (C=O) groups excluding carboxylic acids is 3. The molecule has 194 valence electrons. The van der Waals surface area contributed by atoms with Gasteiger partial charge in [-0.2, -0.15) is 0 Å². The third-order valence-electron chi connectivity index (χ3n) is 6.90. The summed E-state index contributed by atoms with van der Waals surface area (Å²) in [4.78, 5) is 51.6. The number of H-pyrrole nitrogens is 1. The van der Waals surface area contributed by atoms with Crippen molar-refractivity contribution in [3.05, 3.63) is 46.3 Å². The number of anilines is 1. The number of hydrogen-bond acceptors (Lipinski definition) is 5. The van der Waals surface area contributed by atoms with Crippen LogP contribution in [0.15, 0.2) is 18.5 Å². The van der Waals surface area contributed by atoms with E-state index < -0.39 is 11.7 Å². The molecular formula is C25H32ClFN6O3. The van der Waals surface area contributed by atoms with Crippen molar-refractivity contribution in [1.29, 1.82) is 0 Å². The Balaban J connectivity index is 1.41. The van der Waals surface area contributed by atoms with Crippen LogP contribution in [0.2, 0.25) is 5.02 Å². The molecule has 11 heteroatoms. The molecule has 2 N–H and O–H groups in total. The molecule has 4 rings (SSSR count). The number of aryl methyl sites for hydroxylation is 1. The Morgan fingerprint density at radius 2 is 1.89 bits per heavy atom. The highest BCUT2D eigenvalue weighted by molar-refractivity contribution is 6.33. The first kappa shape index (κ1) is 26.1. The average Bonchev–Trinajstić information content (AvgIpc) is 3.36. The molecule has 0 saturated carbocycles. The summed E-state index contributed by atoms with van der Waals surface area (Å²) >= 11 is 6.26. The van der Waals surface area contributed by atoms with Crippen molar-refractivity contribution in [2.75, 3.05) is 44.7 Å². The van der Waals surface area contributed by atoms with Crippen molar-refractivity contribution in [2.45, 2.75) is 45.1 Å². The number of hydrogen-bond donors (Lipinski definition) is 2. The van der Waals surface area contributed by atoms with Gasteiger partial charge < -0.3 is 25.0 Å². The van der Waals surface area contributed by atoms with E-state index in [0.29, 0.717) is 50.1 Å². The molecule has 1 atom stereocenters. The molecule has 0 unspecified atom stereocenters. The summed E-state index contributed by atoms with van der Waals surface area (Å²) in [7, 11) is 2.01. The van der Waals surface area contributed by atoms with Gasteiger partial charge in [0.25, 0.3) is 11.8 Å². The van der Waals surface area contributed by atoms with E-state index in [0.717, 1.165) is 19.5 Å². The Morgan fingerprint density at radius 1 is 1.14 bits per heavy atom. The second kappa shape index (κ2) is 11.4. The molecule has 3 amide bonds. The largest absolute Gasteiger partial charge is 0.348 e. The average molecular weight is 519 g/mol. The van der Waals surface area contributed by atoms with E-state index in [1.54, 1.807) is 22.8 Å². The van der Waals surface area contributed by atoms with Gasteiger partial charge in [0.15, 0.2) is 5.69 Å². The predicted octanol–water partition coefficient (Wildman–Crippen LogP) is 2.99. The van der Waals surface area contributed by atoms with Gasteiger partial charge in [-0.3, -0.25) is 14.4 Å². The van der Waals surface area contributed by atoms with Gasteiger partial charge in [-0.25, -0.2) is 9.37 Å². The minimum absolute atomic E-state index is 0.0697. The van der Waals surface area contributed by atoms with Crippen LogP contribution in [0.1, 0.15) is 58.6 Å². The molecule has 1 aromatic carbocycles. The second-order valence-electron chi connectivity index (χ2n) is 9.52. The third-order valence-corrected chi connectivity index (χ3v) is 7.21. The molecule has 2 aliphatic rings. The SMILES string of the molecule is Cc1cc(N2CCCC[C@@H](NC(=O)c3nc[nH]c3C(=O)N3CCN(C)CC3)CCC2=O)c(Cl)cc1F. The highest BCUT2D eigenvalue weighted by Gasteiger charge is 2.29. The first-order valence-corrected chi connectivity index (χ1v) is 12.7. The second-order valence-corrected chi connectivity index (χ2v) is 9.93. The van der Waals surface area contributed by atoms with E-state index >= 15 is 0 Å². The monoisotopic (exact) mass is 518 g/mol. The Labute approximate surface area is 215 Å². The van der Waals surface area contributed by atoms with Gasteiger partial charge in [-0.15, -0.1) is 0 Å². The molecule has 2 aliphatic heterocycles. The van der Waals surface area contributed by atoms with Crippen LogP contribution in [0.5, 0.6) is 0 Å². The number of amides is 3. The number of aromatic nitrogens is 2. The minimum Gasteiger partial charge on any atom is -0.348 e. The van der Waals surface area contributed by atoms with Crippen LogP contribution in [0.25, 0.3) is 0 Å². The third kappa shape index (κ3) is 5.87. The number of imidazole rings is 1. The van der Waals surface area contributed by atoms with Gasteiger partial charge in [-0.05, 0) is 57.4 Å². The number of rotatable bonds is 4. The Bertz CT molecular complexity index is 1130. The standard InChI is InChI=1S/C25H32ClFN6O3/c1-16-13-20(18(26)14-19(16)27)33-8-4-3-5-17(6-7-21(33)34)30-24(35)22-23(29-15-28-22)25(36)32-11-9-31(2)10-12-32/h13-15,17H,3-12H2,1-2H3,(H,28,29)(H,30,35)/t17-/m1/s1.